The van der Waals surface area contributed by atoms with Gasteiger partial charge in [0, 0.05) is 25.2 Å². The van der Waals surface area contributed by atoms with Crippen LogP contribution >= 0.6 is 15.9 Å². The number of rotatable bonds is 5. The number of ether oxygens (including phenoxy) is 2. The number of nitrogens with one attached hydrogen (secondary N) is 1. The fraction of sp³-hybridized carbons (Fsp3) is 0.526. The van der Waals surface area contributed by atoms with Gasteiger partial charge in [0.1, 0.15) is 17.2 Å². The number of alkyl carbamates (subject to hydrolysis) is 1. The largest absolute Gasteiger partial charge is 0.459 e. The maximum absolute atomic E-state index is 14.6. The van der Waals surface area contributed by atoms with E-state index in [-0.39, 0.29) is 23.2 Å². The Bertz CT molecular complexity index is 798. The smallest absolute Gasteiger partial charge is 0.408 e. The van der Waals surface area contributed by atoms with Crippen LogP contribution in [0, 0.1) is 11.6 Å². The van der Waals surface area contributed by atoms with Gasteiger partial charge in [-0.3, -0.25) is 4.79 Å². The maximum atomic E-state index is 14.6. The van der Waals surface area contributed by atoms with E-state index in [1.54, 1.807) is 27.7 Å². The van der Waals surface area contributed by atoms with Crippen LogP contribution in [0.5, 0.6) is 0 Å². The third-order valence-electron chi connectivity index (χ3n) is 3.73. The number of hydrogen-bond acceptors (Lipinski definition) is 5. The van der Waals surface area contributed by atoms with Crippen LogP contribution < -0.4 is 5.32 Å². The van der Waals surface area contributed by atoms with Crippen molar-refractivity contribution in [2.45, 2.75) is 45.8 Å². The molecule has 0 radical (unpaired) electrons. The number of benzene rings is 1. The fourth-order valence-corrected chi connectivity index (χ4v) is 2.90. The Balaban J connectivity index is 3.31. The van der Waals surface area contributed by atoms with Gasteiger partial charge in [0.05, 0.1) is 16.6 Å². The first kappa shape index (κ1) is 24.8. The molecule has 0 spiro atoms. The lowest BCUT2D eigenvalue weighted by Crippen LogP contribution is -2.54. The number of halogens is 3. The van der Waals surface area contributed by atoms with E-state index in [0.717, 1.165) is 11.0 Å². The topological polar surface area (TPSA) is 84.9 Å². The quantitative estimate of drug-likeness (QED) is 0.397. The molecule has 1 N–H and O–H groups in total. The lowest BCUT2D eigenvalue weighted by Gasteiger charge is -2.35. The summed E-state index contributed by atoms with van der Waals surface area (Å²) in [6, 6.07) is 1.81. The summed E-state index contributed by atoms with van der Waals surface area (Å²) in [6.07, 6.45) is -0.878. The normalized spacial score (nSPS) is 13.3. The van der Waals surface area contributed by atoms with Crippen LogP contribution in [-0.4, -0.2) is 48.7 Å². The number of carbonyl (C=O) groups excluding carboxylic acids is 3. The zero-order chi connectivity index (χ0) is 22.6. The third kappa shape index (κ3) is 6.95. The Hall–Kier alpha value is -2.23. The summed E-state index contributed by atoms with van der Waals surface area (Å²) in [5.41, 5.74) is -2.50. The molecule has 2 amide bonds. The van der Waals surface area contributed by atoms with E-state index in [1.807, 2.05) is 0 Å². The highest BCUT2D eigenvalue weighted by atomic mass is 79.9. The van der Waals surface area contributed by atoms with Crippen LogP contribution in [-0.2, 0) is 24.6 Å². The second-order valence-corrected chi connectivity index (χ2v) is 8.44. The summed E-state index contributed by atoms with van der Waals surface area (Å²) >= 11 is 2.99. The van der Waals surface area contributed by atoms with Crippen LogP contribution in [0.1, 0.15) is 40.2 Å². The van der Waals surface area contributed by atoms with Crippen LogP contribution in [0.2, 0.25) is 0 Å². The molecule has 1 aromatic carbocycles. The maximum Gasteiger partial charge on any atom is 0.408 e. The molecule has 162 valence electrons. The Morgan fingerprint density at radius 2 is 1.72 bits per heavy atom. The van der Waals surface area contributed by atoms with Crippen molar-refractivity contribution in [3.63, 3.8) is 0 Å². The van der Waals surface area contributed by atoms with Gasteiger partial charge < -0.3 is 19.7 Å². The first-order chi connectivity index (χ1) is 13.2. The van der Waals surface area contributed by atoms with Gasteiger partial charge in [0.25, 0.3) is 0 Å². The van der Waals surface area contributed by atoms with Gasteiger partial charge in [-0.05, 0) is 56.6 Å². The van der Waals surface area contributed by atoms with Crippen LogP contribution in [0.25, 0.3) is 0 Å². The van der Waals surface area contributed by atoms with Crippen LogP contribution in [0.4, 0.5) is 13.6 Å². The highest BCUT2D eigenvalue weighted by molar-refractivity contribution is 9.10. The molecule has 0 aliphatic rings. The minimum atomic E-state index is -1.56. The van der Waals surface area contributed by atoms with Gasteiger partial charge in [-0.2, -0.15) is 0 Å². The molecule has 0 bridgehead atoms. The Morgan fingerprint density at radius 1 is 1.14 bits per heavy atom. The lowest BCUT2D eigenvalue weighted by atomic mass is 9.90. The first-order valence-corrected chi connectivity index (χ1v) is 9.58. The van der Waals surface area contributed by atoms with E-state index >= 15 is 0 Å². The number of hydrogen-bond donors (Lipinski definition) is 1. The van der Waals surface area contributed by atoms with Gasteiger partial charge in [-0.25, -0.2) is 18.4 Å². The zero-order valence-corrected chi connectivity index (χ0v) is 18.8. The van der Waals surface area contributed by atoms with E-state index in [9.17, 15) is 23.2 Å². The number of carbonyl (C=O) groups is 3. The summed E-state index contributed by atoms with van der Waals surface area (Å²) in [7, 11) is 1.30. The third-order valence-corrected chi connectivity index (χ3v) is 4.34. The SMILES string of the molecule is CCOC(=O)C(=O)N(C)CC(C)(NC(=O)OC(C)(C)C)c1cc(Br)c(F)cc1F. The monoisotopic (exact) mass is 478 g/mol. The Labute approximate surface area is 176 Å². The number of amides is 2. The summed E-state index contributed by atoms with van der Waals surface area (Å²) in [5, 5.41) is 2.52. The van der Waals surface area contributed by atoms with Crippen molar-refractivity contribution in [3.8, 4) is 0 Å². The van der Waals surface area contributed by atoms with Crippen molar-refractivity contribution >= 4 is 33.9 Å². The predicted octanol–water partition coefficient (Wildman–Crippen LogP) is 3.49. The molecule has 1 aromatic rings. The molecule has 0 heterocycles. The van der Waals surface area contributed by atoms with Crippen molar-refractivity contribution in [1.29, 1.82) is 0 Å². The van der Waals surface area contributed by atoms with E-state index in [4.69, 9.17) is 4.74 Å². The minimum Gasteiger partial charge on any atom is -0.459 e. The molecule has 1 atom stereocenters. The fourth-order valence-electron chi connectivity index (χ4n) is 2.56. The molecular weight excluding hydrogens is 454 g/mol. The van der Waals surface area contributed by atoms with E-state index in [2.05, 4.69) is 26.0 Å². The number of esters is 1. The Morgan fingerprint density at radius 3 is 2.24 bits per heavy atom. The van der Waals surface area contributed by atoms with Crippen molar-refractivity contribution in [2.24, 2.45) is 0 Å². The van der Waals surface area contributed by atoms with Crippen LogP contribution in [0.3, 0.4) is 0 Å². The first-order valence-electron chi connectivity index (χ1n) is 8.78. The summed E-state index contributed by atoms with van der Waals surface area (Å²) in [5.74, 6) is -3.84. The molecule has 0 saturated heterocycles. The van der Waals surface area contributed by atoms with Crippen molar-refractivity contribution in [1.82, 2.24) is 10.2 Å². The minimum absolute atomic E-state index is 0.00533. The van der Waals surface area contributed by atoms with Gasteiger partial charge in [-0.15, -0.1) is 0 Å². The number of nitrogens with zero attached hydrogens (tertiary/aromatic N) is 1. The molecule has 1 rings (SSSR count). The number of likely N-dealkylation sites (N-methyl/N-ethyl adjacent to an activating group) is 1. The second-order valence-electron chi connectivity index (χ2n) is 7.59. The summed E-state index contributed by atoms with van der Waals surface area (Å²) in [6.45, 7) is 7.60. The molecule has 0 saturated carbocycles. The second kappa shape index (κ2) is 9.51. The van der Waals surface area contributed by atoms with Crippen molar-refractivity contribution in [2.75, 3.05) is 20.2 Å². The lowest BCUT2D eigenvalue weighted by molar-refractivity contribution is -0.159. The highest BCUT2D eigenvalue weighted by Gasteiger charge is 2.37. The highest BCUT2D eigenvalue weighted by Crippen LogP contribution is 2.30. The van der Waals surface area contributed by atoms with Gasteiger partial charge in [0.2, 0.25) is 0 Å². The molecule has 0 aliphatic heterocycles. The average Bonchev–Trinajstić information content (AvgIpc) is 2.55. The predicted molar refractivity (Wildman–Crippen MR) is 105 cm³/mol. The van der Waals surface area contributed by atoms with E-state index in [0.29, 0.717) is 6.07 Å². The molecule has 10 heteroatoms. The molecule has 0 aromatic heterocycles. The molecule has 1 unspecified atom stereocenters. The van der Waals surface area contributed by atoms with Crippen molar-refractivity contribution < 1.29 is 32.6 Å². The van der Waals surface area contributed by atoms with E-state index < -0.39 is 40.7 Å². The summed E-state index contributed by atoms with van der Waals surface area (Å²) < 4.78 is 38.2. The molecule has 0 fully saturated rings. The van der Waals surface area contributed by atoms with Crippen molar-refractivity contribution in [3.05, 3.63) is 33.8 Å². The van der Waals surface area contributed by atoms with Gasteiger partial charge in [-0.1, -0.05) is 0 Å². The van der Waals surface area contributed by atoms with Gasteiger partial charge >= 0.3 is 18.0 Å². The summed E-state index contributed by atoms with van der Waals surface area (Å²) in [4.78, 5) is 37.3. The molecular formula is C19H25BrF2N2O5. The zero-order valence-electron chi connectivity index (χ0n) is 17.2. The van der Waals surface area contributed by atoms with Crippen LogP contribution in [0.15, 0.2) is 16.6 Å². The Kier molecular flexibility index (Phi) is 8.14. The standard InChI is InChI=1S/C19H25BrF2N2O5/c1-7-28-16(26)15(25)24(6)10-19(5,23-17(27)29-18(2,3)4)11-8-12(20)14(22)9-13(11)21/h8-9H,7,10H2,1-6H3,(H,23,27). The van der Waals surface area contributed by atoms with E-state index in [1.165, 1.54) is 14.0 Å². The molecule has 0 aliphatic carbocycles. The molecule has 7 nitrogen and oxygen atoms in total. The molecule has 29 heavy (non-hydrogen) atoms. The van der Waals surface area contributed by atoms with Gasteiger partial charge in [0.15, 0.2) is 0 Å². The average molecular weight is 479 g/mol.